The van der Waals surface area contributed by atoms with Crippen LogP contribution in [-0.4, -0.2) is 6.10 Å². The van der Waals surface area contributed by atoms with E-state index in [1.165, 1.54) is 0 Å². The van der Waals surface area contributed by atoms with Gasteiger partial charge in [-0.1, -0.05) is 5.34 Å². The second kappa shape index (κ2) is 3.72. The smallest absolute Gasteiger partial charge is 0.118 e. The van der Waals surface area contributed by atoms with Crippen LogP contribution in [0.1, 0.15) is 13.8 Å². The van der Waals surface area contributed by atoms with Crippen molar-refractivity contribution < 1.29 is 15.4 Å². The predicted molar refractivity (Wildman–Crippen MR) is 30.0 cm³/mol. The van der Waals surface area contributed by atoms with Gasteiger partial charge >= 0.3 is 0 Å². The van der Waals surface area contributed by atoms with Crippen LogP contribution in [0.25, 0.3) is 5.84 Å². The van der Waals surface area contributed by atoms with E-state index in [4.69, 9.17) is 11.7 Å². The first-order chi connectivity index (χ1) is 4.04. The number of hydrogen-bond acceptors (Lipinski definition) is 3. The molecule has 6 nitrogen and oxygen atoms in total. The minimum absolute atomic E-state index is 0.207. The summed E-state index contributed by atoms with van der Waals surface area (Å²) in [6.45, 7) is 3.39. The fraction of sp³-hybridized carbons (Fsp3) is 1.00. The number of nitrogens with two attached hydrogens (primary N) is 1. The van der Waals surface area contributed by atoms with Crippen molar-refractivity contribution >= 4 is 0 Å². The van der Waals surface area contributed by atoms with Gasteiger partial charge in [0.05, 0.1) is 0 Å². The van der Waals surface area contributed by atoms with Crippen LogP contribution in [0.15, 0.2) is 0 Å². The van der Waals surface area contributed by atoms with Crippen LogP contribution in [0.4, 0.5) is 0 Å². The average Bonchev–Trinajstić information content (AvgIpc) is 1.63. The fourth-order valence-corrected chi connectivity index (χ4v) is 0.278. The van der Waals surface area contributed by atoms with Crippen molar-refractivity contribution in [3.8, 4) is 0 Å². The van der Waals surface area contributed by atoms with E-state index >= 15 is 0 Å². The molecule has 0 aliphatic rings. The Kier molecular flexibility index (Phi) is 3.62. The van der Waals surface area contributed by atoms with Gasteiger partial charge in [0.1, 0.15) is 6.10 Å². The molecule has 0 saturated heterocycles. The van der Waals surface area contributed by atoms with Crippen LogP contribution in [-0.2, 0) is 4.84 Å². The number of rotatable bonds is 3. The van der Waals surface area contributed by atoms with Crippen molar-refractivity contribution in [2.75, 3.05) is 0 Å². The van der Waals surface area contributed by atoms with E-state index < -0.39 is 10.6 Å². The molecule has 0 radical (unpaired) electrons. The molecule has 2 unspecified atom stereocenters. The maximum atomic E-state index is 10.4. The molecule has 0 spiro atoms. The highest BCUT2D eigenvalue weighted by Gasteiger charge is 2.02. The van der Waals surface area contributed by atoms with Crippen LogP contribution >= 0.6 is 0 Å². The summed E-state index contributed by atoms with van der Waals surface area (Å²) in [5, 5.41) is 9.07. The molecule has 0 aromatic rings. The van der Waals surface area contributed by atoms with E-state index in [9.17, 15) is 5.21 Å². The number of hydrogen-bond donors (Lipinski definition) is 3. The molecule has 0 aromatic carbocycles. The van der Waals surface area contributed by atoms with E-state index in [0.717, 1.165) is 0 Å². The Morgan fingerprint density at radius 3 is 2.22 bits per heavy atom. The molecule has 0 aromatic heterocycles. The molecule has 0 aliphatic carbocycles. The van der Waals surface area contributed by atoms with Gasteiger partial charge in [0.25, 0.3) is 0 Å². The van der Waals surface area contributed by atoms with E-state index in [2.05, 4.69) is 4.84 Å². The van der Waals surface area contributed by atoms with Crippen LogP contribution in [0.3, 0.4) is 0 Å². The Morgan fingerprint density at radius 2 is 2.11 bits per heavy atom. The Labute approximate surface area is 53.4 Å². The molecule has 56 valence electrons. The zero-order chi connectivity index (χ0) is 7.44. The Bertz CT molecular complexity index is 76.2. The first-order valence-electron chi connectivity index (χ1n) is 2.59. The van der Waals surface area contributed by atoms with Crippen LogP contribution in [0.5, 0.6) is 0 Å². The van der Waals surface area contributed by atoms with Gasteiger partial charge in [0, 0.05) is 0 Å². The molecule has 0 fully saturated rings. The summed E-state index contributed by atoms with van der Waals surface area (Å²) in [5.74, 6) is 11.4. The standard InChI is InChI=1S/C3H12N4O2/c1-3(2)9-7(8)6(4)5/h3-4,6-7H,5H2,1-2H3. The lowest BCUT2D eigenvalue weighted by atomic mass is 10.5. The topological polar surface area (TPSA) is 91.0 Å². The van der Waals surface area contributed by atoms with Gasteiger partial charge < -0.3 is 11.0 Å². The summed E-state index contributed by atoms with van der Waals surface area (Å²) in [6, 6.07) is 0. The Hall–Kier alpha value is -0.240. The third-order valence-electron chi connectivity index (χ3n) is 0.563. The lowest BCUT2D eigenvalue weighted by Crippen LogP contribution is -3.57. The van der Waals surface area contributed by atoms with Crippen LogP contribution in [0, 0.1) is 5.21 Å². The highest BCUT2D eigenvalue weighted by molar-refractivity contribution is 4.24. The lowest BCUT2D eigenvalue weighted by Gasteiger charge is -2.26. The molecule has 0 bridgehead atoms. The third kappa shape index (κ3) is 4.28. The molecule has 0 rings (SSSR count). The van der Waals surface area contributed by atoms with Gasteiger partial charge in [-0.25, -0.2) is 0 Å². The van der Waals surface area contributed by atoms with Crippen molar-refractivity contribution in [1.29, 1.82) is 0 Å². The van der Waals surface area contributed by atoms with Crippen molar-refractivity contribution in [1.82, 2.24) is 0 Å². The molecule has 9 heavy (non-hydrogen) atoms. The van der Waals surface area contributed by atoms with Crippen molar-refractivity contribution in [3.05, 3.63) is 11.0 Å². The van der Waals surface area contributed by atoms with Gasteiger partial charge in [-0.2, -0.15) is 0 Å². The average molecular weight is 136 g/mol. The monoisotopic (exact) mass is 136 g/mol. The Balaban J connectivity index is 3.38. The van der Waals surface area contributed by atoms with E-state index in [1.807, 2.05) is 0 Å². The maximum Gasteiger partial charge on any atom is 0.118 e. The van der Waals surface area contributed by atoms with Gasteiger partial charge in [-0.15, -0.1) is 15.9 Å². The fourth-order valence-electron chi connectivity index (χ4n) is 0.278. The molecule has 6 heteroatoms. The van der Waals surface area contributed by atoms with Crippen LogP contribution < -0.4 is 16.4 Å². The SMILES string of the molecule is CC(C)O[NH+]([O-])[NH+]([NH-])N. The van der Waals surface area contributed by atoms with Crippen molar-refractivity contribution in [2.45, 2.75) is 20.0 Å². The summed E-state index contributed by atoms with van der Waals surface area (Å²) >= 11 is 0. The number of quaternary nitrogens is 2. The summed E-state index contributed by atoms with van der Waals surface area (Å²) in [5.41, 5.74) is 0. The highest BCUT2D eigenvalue weighted by Crippen LogP contribution is 1.74. The molecule has 5 N–H and O–H groups in total. The van der Waals surface area contributed by atoms with Gasteiger partial charge in [-0.3, -0.25) is 0 Å². The minimum atomic E-state index is -0.759. The normalized spacial score (nSPS) is 18.0. The Morgan fingerprint density at radius 1 is 1.67 bits per heavy atom. The maximum absolute atomic E-state index is 10.4. The van der Waals surface area contributed by atoms with Crippen LogP contribution in [0.2, 0.25) is 0 Å². The minimum Gasteiger partial charge on any atom is -0.548 e. The second-order valence-electron chi connectivity index (χ2n) is 1.87. The molecular weight excluding hydrogens is 124 g/mol. The highest BCUT2D eigenvalue weighted by atomic mass is 16.9. The van der Waals surface area contributed by atoms with E-state index in [0.29, 0.717) is 0 Å². The molecule has 2 atom stereocenters. The van der Waals surface area contributed by atoms with Gasteiger partial charge in [-0.05, 0) is 13.8 Å². The van der Waals surface area contributed by atoms with Crippen molar-refractivity contribution in [3.63, 3.8) is 0 Å². The predicted octanol–water partition coefficient (Wildman–Crippen LogP) is -2.65. The second-order valence-corrected chi connectivity index (χ2v) is 1.87. The number of nitrogens with one attached hydrogen (secondary N) is 3. The van der Waals surface area contributed by atoms with Gasteiger partial charge in [0.2, 0.25) is 0 Å². The van der Waals surface area contributed by atoms with E-state index in [1.54, 1.807) is 13.8 Å². The van der Waals surface area contributed by atoms with Crippen molar-refractivity contribution in [2.24, 2.45) is 5.84 Å². The van der Waals surface area contributed by atoms with Gasteiger partial charge in [0.15, 0.2) is 0 Å². The summed E-state index contributed by atoms with van der Waals surface area (Å²) in [4.78, 5) is 4.52. The first kappa shape index (κ1) is 8.76. The summed E-state index contributed by atoms with van der Waals surface area (Å²) in [7, 11) is 0. The summed E-state index contributed by atoms with van der Waals surface area (Å²) < 4.78 is 0. The molecule has 0 aliphatic heterocycles. The zero-order valence-corrected chi connectivity index (χ0v) is 5.47. The van der Waals surface area contributed by atoms with E-state index in [-0.39, 0.29) is 6.10 Å². The molecular formula is C3H12N4O2. The molecule has 0 heterocycles. The third-order valence-corrected chi connectivity index (χ3v) is 0.563. The first-order valence-corrected chi connectivity index (χ1v) is 2.59. The quantitative estimate of drug-likeness (QED) is 0.292. The molecule has 0 amide bonds. The summed E-state index contributed by atoms with van der Waals surface area (Å²) in [6.07, 6.45) is -0.207. The lowest BCUT2D eigenvalue weighted by molar-refractivity contribution is -1.55. The zero-order valence-electron chi connectivity index (χ0n) is 5.47. The molecule has 0 saturated carbocycles. The largest absolute Gasteiger partial charge is 0.548 e.